The third kappa shape index (κ3) is 2.92. The first-order valence-corrected chi connectivity index (χ1v) is 5.97. The van der Waals surface area contributed by atoms with Gasteiger partial charge in [0.15, 0.2) is 0 Å². The van der Waals surface area contributed by atoms with Crippen molar-refractivity contribution in [3.05, 3.63) is 47.8 Å². The van der Waals surface area contributed by atoms with Crippen LogP contribution in [0.2, 0.25) is 0 Å². The van der Waals surface area contributed by atoms with E-state index in [0.717, 1.165) is 5.82 Å². The summed E-state index contributed by atoms with van der Waals surface area (Å²) in [5, 5.41) is 4.02. The van der Waals surface area contributed by atoms with Crippen LogP contribution in [0.5, 0.6) is 0 Å². The molecule has 96 valence electrons. The van der Waals surface area contributed by atoms with Crippen molar-refractivity contribution in [1.29, 1.82) is 0 Å². The van der Waals surface area contributed by atoms with Crippen LogP contribution in [0, 0.1) is 11.7 Å². The van der Waals surface area contributed by atoms with Crippen LogP contribution in [0.15, 0.2) is 30.6 Å². The second-order valence-corrected chi connectivity index (χ2v) is 4.40. The van der Waals surface area contributed by atoms with E-state index in [1.807, 2.05) is 13.1 Å². The average molecular weight is 248 g/mol. The van der Waals surface area contributed by atoms with Crippen molar-refractivity contribution >= 4 is 0 Å². The van der Waals surface area contributed by atoms with Gasteiger partial charge >= 0.3 is 0 Å². The van der Waals surface area contributed by atoms with Crippen LogP contribution in [0.3, 0.4) is 0 Å². The van der Waals surface area contributed by atoms with Gasteiger partial charge < -0.3 is 5.73 Å². The Kier molecular flexibility index (Phi) is 4.04. The van der Waals surface area contributed by atoms with Gasteiger partial charge in [-0.2, -0.15) is 5.10 Å². The van der Waals surface area contributed by atoms with Gasteiger partial charge in [0.1, 0.15) is 18.0 Å². The number of hydrogen-bond acceptors (Lipinski definition) is 3. The van der Waals surface area contributed by atoms with Gasteiger partial charge in [0.05, 0.1) is 0 Å². The molecule has 2 N–H and O–H groups in total. The number of nitrogens with two attached hydrogens (primary N) is 1. The molecule has 1 heterocycles. The Balaban J connectivity index is 2.06. The summed E-state index contributed by atoms with van der Waals surface area (Å²) in [7, 11) is 1.85. The molecule has 1 aromatic heterocycles. The van der Waals surface area contributed by atoms with Crippen LogP contribution >= 0.6 is 0 Å². The van der Waals surface area contributed by atoms with E-state index in [0.29, 0.717) is 24.9 Å². The summed E-state index contributed by atoms with van der Waals surface area (Å²) in [6, 6.07) is 6.81. The van der Waals surface area contributed by atoms with Crippen molar-refractivity contribution in [2.24, 2.45) is 18.7 Å². The van der Waals surface area contributed by atoms with E-state index in [1.54, 1.807) is 16.8 Å². The Hall–Kier alpha value is -1.75. The smallest absolute Gasteiger partial charge is 0.138 e. The molecule has 0 spiro atoms. The highest BCUT2D eigenvalue weighted by atomic mass is 19.1. The average Bonchev–Trinajstić information content (AvgIpc) is 2.77. The van der Waals surface area contributed by atoms with Crippen LogP contribution in [-0.4, -0.2) is 21.3 Å². The maximum absolute atomic E-state index is 13.6. The van der Waals surface area contributed by atoms with E-state index < -0.39 is 0 Å². The molecule has 0 saturated carbocycles. The minimum atomic E-state index is -0.172. The monoisotopic (exact) mass is 248 g/mol. The van der Waals surface area contributed by atoms with Crippen molar-refractivity contribution in [2.45, 2.75) is 12.8 Å². The second kappa shape index (κ2) is 5.73. The summed E-state index contributed by atoms with van der Waals surface area (Å²) < 4.78 is 15.3. The van der Waals surface area contributed by atoms with Crippen LogP contribution in [0.25, 0.3) is 0 Å². The van der Waals surface area contributed by atoms with Crippen LogP contribution in [0.4, 0.5) is 4.39 Å². The first-order valence-electron chi connectivity index (χ1n) is 5.97. The molecule has 0 aliphatic rings. The van der Waals surface area contributed by atoms with E-state index in [9.17, 15) is 4.39 Å². The normalized spacial score (nSPS) is 12.6. The molecule has 18 heavy (non-hydrogen) atoms. The number of rotatable bonds is 5. The summed E-state index contributed by atoms with van der Waals surface area (Å²) in [6.45, 7) is 0.501. The lowest BCUT2D eigenvalue weighted by Crippen LogP contribution is -2.21. The number of aryl methyl sites for hydroxylation is 1. The number of benzene rings is 1. The Morgan fingerprint density at radius 3 is 2.72 bits per heavy atom. The molecule has 0 aliphatic heterocycles. The fourth-order valence-electron chi connectivity index (χ4n) is 1.98. The Labute approximate surface area is 106 Å². The molecule has 0 bridgehead atoms. The molecule has 2 aromatic rings. The predicted octanol–water partition coefficient (Wildman–Crippen LogP) is 1.31. The third-order valence-electron chi connectivity index (χ3n) is 3.08. The lowest BCUT2D eigenvalue weighted by atomic mass is 9.95. The van der Waals surface area contributed by atoms with E-state index >= 15 is 0 Å². The molecule has 0 aliphatic carbocycles. The quantitative estimate of drug-likeness (QED) is 0.868. The molecular formula is C13H17FN4. The van der Waals surface area contributed by atoms with Crippen molar-refractivity contribution in [1.82, 2.24) is 14.8 Å². The largest absolute Gasteiger partial charge is 0.330 e. The van der Waals surface area contributed by atoms with E-state index in [1.165, 1.54) is 12.4 Å². The minimum Gasteiger partial charge on any atom is -0.330 e. The molecule has 0 radical (unpaired) electrons. The Bertz CT molecular complexity index is 509. The Morgan fingerprint density at radius 2 is 2.11 bits per heavy atom. The molecule has 0 amide bonds. The first kappa shape index (κ1) is 12.7. The summed E-state index contributed by atoms with van der Waals surface area (Å²) in [4.78, 5) is 4.17. The van der Waals surface area contributed by atoms with Gasteiger partial charge in [-0.25, -0.2) is 9.37 Å². The van der Waals surface area contributed by atoms with Gasteiger partial charge in [-0.3, -0.25) is 4.68 Å². The van der Waals surface area contributed by atoms with Gasteiger partial charge in [0.25, 0.3) is 0 Å². The zero-order chi connectivity index (χ0) is 13.0. The topological polar surface area (TPSA) is 56.7 Å². The maximum atomic E-state index is 13.6. The molecule has 4 nitrogen and oxygen atoms in total. The van der Waals surface area contributed by atoms with E-state index in [4.69, 9.17) is 5.73 Å². The highest BCUT2D eigenvalue weighted by Gasteiger charge is 2.14. The molecule has 1 aromatic carbocycles. The summed E-state index contributed by atoms with van der Waals surface area (Å²) >= 11 is 0. The number of aromatic nitrogens is 3. The summed E-state index contributed by atoms with van der Waals surface area (Å²) in [5.74, 6) is 0.875. The first-order chi connectivity index (χ1) is 8.70. The van der Waals surface area contributed by atoms with Crippen molar-refractivity contribution in [3.8, 4) is 0 Å². The number of nitrogens with zero attached hydrogens (tertiary/aromatic N) is 3. The molecule has 2 rings (SSSR count). The van der Waals surface area contributed by atoms with Crippen molar-refractivity contribution in [3.63, 3.8) is 0 Å². The zero-order valence-electron chi connectivity index (χ0n) is 10.4. The van der Waals surface area contributed by atoms with Crippen molar-refractivity contribution in [2.75, 3.05) is 6.54 Å². The van der Waals surface area contributed by atoms with Crippen LogP contribution in [0.1, 0.15) is 11.4 Å². The summed E-state index contributed by atoms with van der Waals surface area (Å²) in [6.07, 6.45) is 2.85. The fourth-order valence-corrected chi connectivity index (χ4v) is 1.98. The highest BCUT2D eigenvalue weighted by Crippen LogP contribution is 2.15. The third-order valence-corrected chi connectivity index (χ3v) is 3.08. The fraction of sp³-hybridized carbons (Fsp3) is 0.385. The van der Waals surface area contributed by atoms with Gasteiger partial charge in [-0.15, -0.1) is 0 Å². The number of halogens is 1. The lowest BCUT2D eigenvalue weighted by molar-refractivity contribution is 0.489. The highest BCUT2D eigenvalue weighted by molar-refractivity contribution is 5.18. The van der Waals surface area contributed by atoms with E-state index in [2.05, 4.69) is 10.1 Å². The molecule has 1 unspecified atom stereocenters. The molecule has 1 atom stereocenters. The molecule has 0 fully saturated rings. The maximum Gasteiger partial charge on any atom is 0.138 e. The Morgan fingerprint density at radius 1 is 1.33 bits per heavy atom. The van der Waals surface area contributed by atoms with Gasteiger partial charge in [-0.1, -0.05) is 18.2 Å². The van der Waals surface area contributed by atoms with Gasteiger partial charge in [0.2, 0.25) is 0 Å². The lowest BCUT2D eigenvalue weighted by Gasteiger charge is -2.14. The number of hydrogen-bond donors (Lipinski definition) is 1. The van der Waals surface area contributed by atoms with Gasteiger partial charge in [0, 0.05) is 13.5 Å². The van der Waals surface area contributed by atoms with Gasteiger partial charge in [-0.05, 0) is 30.5 Å². The molecule has 5 heteroatoms. The summed E-state index contributed by atoms with van der Waals surface area (Å²) in [5.41, 5.74) is 6.46. The molecular weight excluding hydrogens is 231 g/mol. The standard InChI is InChI=1S/C13H17FN4/c1-18-13(16-9-17-18)7-10(8-15)6-11-4-2-3-5-12(11)14/h2-5,9-10H,6-8,15H2,1H3. The zero-order valence-corrected chi connectivity index (χ0v) is 10.4. The van der Waals surface area contributed by atoms with E-state index in [-0.39, 0.29) is 11.7 Å². The minimum absolute atomic E-state index is 0.171. The van der Waals surface area contributed by atoms with Crippen molar-refractivity contribution < 1.29 is 4.39 Å². The molecule has 0 saturated heterocycles. The second-order valence-electron chi connectivity index (χ2n) is 4.40. The predicted molar refractivity (Wildman–Crippen MR) is 67.4 cm³/mol. The van der Waals surface area contributed by atoms with Crippen LogP contribution in [-0.2, 0) is 19.9 Å². The SMILES string of the molecule is Cn1ncnc1CC(CN)Cc1ccccc1F. The van der Waals surface area contributed by atoms with Crippen LogP contribution < -0.4 is 5.73 Å².